The summed E-state index contributed by atoms with van der Waals surface area (Å²) < 4.78 is 40.3. The summed E-state index contributed by atoms with van der Waals surface area (Å²) in [5, 5.41) is 8.95. The van der Waals surface area contributed by atoms with Crippen LogP contribution in [0.5, 0.6) is 0 Å². The normalized spacial score (nSPS) is 18.3. The summed E-state index contributed by atoms with van der Waals surface area (Å²) in [4.78, 5) is 1.77. The monoisotopic (exact) mass is 316 g/mol. The third kappa shape index (κ3) is 3.42. The van der Waals surface area contributed by atoms with Crippen molar-refractivity contribution in [1.82, 2.24) is 9.21 Å². The Morgan fingerprint density at radius 3 is 2.43 bits per heavy atom. The van der Waals surface area contributed by atoms with Crippen LogP contribution in [0.4, 0.5) is 4.39 Å². The number of benzene rings is 1. The molecule has 0 atom stereocenters. The fourth-order valence-electron chi connectivity index (χ4n) is 2.59. The van der Waals surface area contributed by atoms with Gasteiger partial charge in [-0.15, -0.1) is 0 Å². The van der Waals surface area contributed by atoms with Gasteiger partial charge in [0.2, 0.25) is 10.0 Å². The van der Waals surface area contributed by atoms with Crippen molar-refractivity contribution in [3.63, 3.8) is 0 Å². The molecule has 1 N–H and O–H groups in total. The van der Waals surface area contributed by atoms with Crippen molar-refractivity contribution in [2.75, 3.05) is 27.2 Å². The van der Waals surface area contributed by atoms with Gasteiger partial charge >= 0.3 is 0 Å². The highest BCUT2D eigenvalue weighted by Gasteiger charge is 2.31. The van der Waals surface area contributed by atoms with Crippen LogP contribution in [0, 0.1) is 5.82 Å². The largest absolute Gasteiger partial charge is 0.392 e. The van der Waals surface area contributed by atoms with Crippen LogP contribution in [-0.4, -0.2) is 56.0 Å². The molecule has 118 valence electrons. The van der Waals surface area contributed by atoms with E-state index in [9.17, 15) is 12.8 Å². The Balaban J connectivity index is 2.19. The van der Waals surface area contributed by atoms with E-state index < -0.39 is 15.8 Å². The molecule has 1 aromatic carbocycles. The lowest BCUT2D eigenvalue weighted by molar-refractivity contribution is 0.196. The maximum atomic E-state index is 14.0. The summed E-state index contributed by atoms with van der Waals surface area (Å²) >= 11 is 0. The standard InChI is InChI=1S/C14H21FN2O3S/c1-16(2)12-5-7-17(8-6-12)21(19,20)14-4-3-11(10-18)9-13(14)15/h3-4,9,12,18H,5-8,10H2,1-2H3. The molecule has 0 aliphatic carbocycles. The molecule has 1 fully saturated rings. The average molecular weight is 316 g/mol. The molecule has 1 aliphatic rings. The van der Waals surface area contributed by atoms with Crippen LogP contribution in [0.15, 0.2) is 23.1 Å². The van der Waals surface area contributed by atoms with Crippen molar-refractivity contribution in [1.29, 1.82) is 0 Å². The topological polar surface area (TPSA) is 60.9 Å². The van der Waals surface area contributed by atoms with Gasteiger partial charge in [0.1, 0.15) is 10.7 Å². The second-order valence-corrected chi connectivity index (χ2v) is 7.43. The van der Waals surface area contributed by atoms with Gasteiger partial charge in [-0.05, 0) is 44.6 Å². The van der Waals surface area contributed by atoms with Crippen molar-refractivity contribution in [3.05, 3.63) is 29.6 Å². The minimum absolute atomic E-state index is 0.314. The minimum atomic E-state index is -3.81. The molecule has 5 nitrogen and oxygen atoms in total. The second kappa shape index (κ2) is 6.39. The number of piperidine rings is 1. The van der Waals surface area contributed by atoms with Crippen LogP contribution in [0.3, 0.4) is 0 Å². The molecule has 2 rings (SSSR count). The molecule has 1 heterocycles. The predicted molar refractivity (Wildman–Crippen MR) is 77.8 cm³/mol. The highest BCUT2D eigenvalue weighted by molar-refractivity contribution is 7.89. The first-order valence-electron chi connectivity index (χ1n) is 6.92. The van der Waals surface area contributed by atoms with Crippen LogP contribution in [0.2, 0.25) is 0 Å². The van der Waals surface area contributed by atoms with E-state index in [0.717, 1.165) is 18.9 Å². The van der Waals surface area contributed by atoms with E-state index in [1.54, 1.807) is 0 Å². The molecule has 0 unspecified atom stereocenters. The van der Waals surface area contributed by atoms with Gasteiger partial charge in [-0.25, -0.2) is 12.8 Å². The number of aliphatic hydroxyl groups is 1. The van der Waals surface area contributed by atoms with Crippen LogP contribution < -0.4 is 0 Å². The molecular formula is C14H21FN2O3S. The average Bonchev–Trinajstić information content (AvgIpc) is 2.46. The first kappa shape index (κ1) is 16.4. The van der Waals surface area contributed by atoms with Crippen molar-refractivity contribution in [2.45, 2.75) is 30.4 Å². The Morgan fingerprint density at radius 1 is 1.33 bits per heavy atom. The summed E-state index contributed by atoms with van der Waals surface area (Å²) in [6.07, 6.45) is 1.48. The summed E-state index contributed by atoms with van der Waals surface area (Å²) in [5.74, 6) is -0.809. The molecule has 0 bridgehead atoms. The van der Waals surface area contributed by atoms with Gasteiger partial charge in [0.15, 0.2) is 0 Å². The first-order valence-corrected chi connectivity index (χ1v) is 8.36. The van der Waals surface area contributed by atoms with Gasteiger partial charge < -0.3 is 10.0 Å². The third-order valence-corrected chi connectivity index (χ3v) is 5.88. The van der Waals surface area contributed by atoms with Gasteiger partial charge in [0.25, 0.3) is 0 Å². The van der Waals surface area contributed by atoms with Crippen LogP contribution in [0.25, 0.3) is 0 Å². The zero-order valence-corrected chi connectivity index (χ0v) is 13.1. The number of halogens is 1. The van der Waals surface area contributed by atoms with E-state index in [1.807, 2.05) is 14.1 Å². The third-order valence-electron chi connectivity index (χ3n) is 3.95. The molecule has 0 aromatic heterocycles. The number of nitrogens with zero attached hydrogens (tertiary/aromatic N) is 2. The lowest BCUT2D eigenvalue weighted by Gasteiger charge is -2.34. The Bertz CT molecular complexity index is 596. The minimum Gasteiger partial charge on any atom is -0.392 e. The number of hydrogen-bond donors (Lipinski definition) is 1. The molecule has 7 heteroatoms. The van der Waals surface area contributed by atoms with Crippen molar-refractivity contribution in [3.8, 4) is 0 Å². The van der Waals surface area contributed by atoms with Gasteiger partial charge in [-0.3, -0.25) is 0 Å². The molecule has 1 saturated heterocycles. The molecule has 21 heavy (non-hydrogen) atoms. The lowest BCUT2D eigenvalue weighted by Crippen LogP contribution is -2.44. The Morgan fingerprint density at radius 2 is 1.95 bits per heavy atom. The maximum absolute atomic E-state index is 14.0. The number of sulfonamides is 1. The van der Waals surface area contributed by atoms with E-state index in [1.165, 1.54) is 16.4 Å². The predicted octanol–water partition coefficient (Wildman–Crippen LogP) is 1.03. The smallest absolute Gasteiger partial charge is 0.245 e. The second-order valence-electron chi connectivity index (χ2n) is 5.52. The highest BCUT2D eigenvalue weighted by Crippen LogP contribution is 2.24. The molecule has 0 radical (unpaired) electrons. The van der Waals surface area contributed by atoms with Crippen LogP contribution >= 0.6 is 0 Å². The van der Waals surface area contributed by atoms with Gasteiger partial charge in [0.05, 0.1) is 6.61 Å². The van der Waals surface area contributed by atoms with E-state index in [0.29, 0.717) is 24.7 Å². The summed E-state index contributed by atoms with van der Waals surface area (Å²) in [5.41, 5.74) is 0.359. The van der Waals surface area contributed by atoms with Crippen molar-refractivity contribution in [2.24, 2.45) is 0 Å². The van der Waals surface area contributed by atoms with Crippen molar-refractivity contribution < 1.29 is 17.9 Å². The summed E-state index contributed by atoms with van der Waals surface area (Å²) in [6, 6.07) is 4.09. The quantitative estimate of drug-likeness (QED) is 0.901. The lowest BCUT2D eigenvalue weighted by atomic mass is 10.1. The zero-order valence-electron chi connectivity index (χ0n) is 12.3. The zero-order chi connectivity index (χ0) is 15.6. The number of rotatable bonds is 4. The molecular weight excluding hydrogens is 295 g/mol. The van der Waals surface area contributed by atoms with Gasteiger partial charge in [-0.1, -0.05) is 6.07 Å². The van der Waals surface area contributed by atoms with Crippen molar-refractivity contribution >= 4 is 10.0 Å². The highest BCUT2D eigenvalue weighted by atomic mass is 32.2. The Kier molecular flexibility index (Phi) is 4.98. The molecule has 0 spiro atoms. The number of hydrogen-bond acceptors (Lipinski definition) is 4. The molecule has 1 aliphatic heterocycles. The first-order chi connectivity index (χ1) is 9.86. The van der Waals surface area contributed by atoms with Gasteiger partial charge in [-0.2, -0.15) is 4.31 Å². The van der Waals surface area contributed by atoms with Crippen LogP contribution in [-0.2, 0) is 16.6 Å². The fraction of sp³-hybridized carbons (Fsp3) is 0.571. The molecule has 0 amide bonds. The fourth-order valence-corrected chi connectivity index (χ4v) is 4.10. The van der Waals surface area contributed by atoms with E-state index in [-0.39, 0.29) is 11.5 Å². The Labute approximate surface area is 125 Å². The SMILES string of the molecule is CN(C)C1CCN(S(=O)(=O)c2ccc(CO)cc2F)CC1. The molecule has 1 aromatic rings. The van der Waals surface area contributed by atoms with Crippen LogP contribution in [0.1, 0.15) is 18.4 Å². The Hall–Kier alpha value is -1.02. The summed E-state index contributed by atoms with van der Waals surface area (Å²) in [7, 11) is 0.140. The molecule has 0 saturated carbocycles. The van der Waals surface area contributed by atoms with E-state index >= 15 is 0 Å². The van der Waals surface area contributed by atoms with Gasteiger partial charge in [0, 0.05) is 19.1 Å². The number of aliphatic hydroxyl groups excluding tert-OH is 1. The van der Waals surface area contributed by atoms with E-state index in [2.05, 4.69) is 4.90 Å². The maximum Gasteiger partial charge on any atom is 0.245 e. The van der Waals surface area contributed by atoms with E-state index in [4.69, 9.17) is 5.11 Å². The summed E-state index contributed by atoms with van der Waals surface area (Å²) in [6.45, 7) is 0.476.